The van der Waals surface area contributed by atoms with Crippen LogP contribution in [0.1, 0.15) is 16.7 Å². The molecule has 4 nitrogen and oxygen atoms in total. The van der Waals surface area contributed by atoms with Crippen molar-refractivity contribution in [2.75, 3.05) is 0 Å². The van der Waals surface area contributed by atoms with E-state index in [1.54, 1.807) is 23.5 Å². The van der Waals surface area contributed by atoms with Crippen molar-refractivity contribution in [3.63, 3.8) is 0 Å². The summed E-state index contributed by atoms with van der Waals surface area (Å²) in [5.41, 5.74) is 8.11. The van der Waals surface area contributed by atoms with Crippen LogP contribution in [0.15, 0.2) is 39.9 Å². The van der Waals surface area contributed by atoms with Crippen molar-refractivity contribution in [2.45, 2.75) is 18.4 Å². The molecule has 0 aliphatic heterocycles. The summed E-state index contributed by atoms with van der Waals surface area (Å²) in [5.74, 6) is 0. The Morgan fingerprint density at radius 3 is 2.75 bits per heavy atom. The van der Waals surface area contributed by atoms with E-state index in [1.807, 2.05) is 17.7 Å². The third-order valence-corrected chi connectivity index (χ3v) is 5.39. The molecule has 106 valence electrons. The van der Waals surface area contributed by atoms with Gasteiger partial charge >= 0.3 is 0 Å². The van der Waals surface area contributed by atoms with Crippen LogP contribution >= 0.6 is 23.6 Å². The summed E-state index contributed by atoms with van der Waals surface area (Å²) in [4.78, 5) is 0.339. The van der Waals surface area contributed by atoms with Crippen molar-refractivity contribution in [3.05, 3.63) is 51.7 Å². The smallest absolute Gasteiger partial charge is 0.240 e. The molecule has 0 bridgehead atoms. The lowest BCUT2D eigenvalue weighted by molar-refractivity contribution is 0.581. The van der Waals surface area contributed by atoms with E-state index in [9.17, 15) is 8.42 Å². The van der Waals surface area contributed by atoms with E-state index in [1.165, 1.54) is 12.1 Å². The van der Waals surface area contributed by atoms with Gasteiger partial charge in [-0.25, -0.2) is 13.1 Å². The van der Waals surface area contributed by atoms with Crippen LogP contribution in [0.5, 0.6) is 0 Å². The molecule has 3 N–H and O–H groups in total. The topological polar surface area (TPSA) is 72.2 Å². The number of nitrogens with one attached hydrogen (secondary N) is 1. The van der Waals surface area contributed by atoms with E-state index in [2.05, 4.69) is 4.72 Å². The molecular formula is C13H14N2O2S3. The second-order valence-corrected chi connectivity index (χ2v) is 7.25. The minimum atomic E-state index is -3.57. The Balaban J connectivity index is 2.20. The molecule has 2 rings (SSSR count). The van der Waals surface area contributed by atoms with Gasteiger partial charge in [-0.15, -0.1) is 0 Å². The molecule has 20 heavy (non-hydrogen) atoms. The highest BCUT2D eigenvalue weighted by atomic mass is 32.2. The SMILES string of the molecule is Cc1cscc1CNS(=O)(=O)c1cccc(C(N)=S)c1. The van der Waals surface area contributed by atoms with Crippen molar-refractivity contribution in [1.82, 2.24) is 4.72 Å². The molecular weight excluding hydrogens is 312 g/mol. The predicted molar refractivity (Wildman–Crippen MR) is 85.4 cm³/mol. The molecule has 1 heterocycles. The quantitative estimate of drug-likeness (QED) is 0.826. The zero-order chi connectivity index (χ0) is 14.8. The number of hydrogen-bond donors (Lipinski definition) is 2. The number of thiophene rings is 1. The summed E-state index contributed by atoms with van der Waals surface area (Å²) < 4.78 is 27.0. The van der Waals surface area contributed by atoms with Crippen LogP contribution in [0.4, 0.5) is 0 Å². The number of rotatable bonds is 5. The van der Waals surface area contributed by atoms with E-state index in [0.717, 1.165) is 11.1 Å². The van der Waals surface area contributed by atoms with Gasteiger partial charge in [0.1, 0.15) is 4.99 Å². The van der Waals surface area contributed by atoms with Crippen LogP contribution in [0, 0.1) is 6.92 Å². The van der Waals surface area contributed by atoms with Gasteiger partial charge in [-0.1, -0.05) is 24.4 Å². The maximum absolute atomic E-state index is 12.2. The molecule has 0 saturated heterocycles. The van der Waals surface area contributed by atoms with Crippen LogP contribution in [0.3, 0.4) is 0 Å². The van der Waals surface area contributed by atoms with Gasteiger partial charge in [0.05, 0.1) is 4.90 Å². The monoisotopic (exact) mass is 326 g/mol. The standard InChI is InChI=1S/C13H14N2O2S3/c1-9-7-19-8-11(9)6-15-20(16,17)12-4-2-3-10(5-12)13(14)18/h2-5,7-8,15H,6H2,1H3,(H2,14,18). The summed E-state index contributed by atoms with van der Waals surface area (Å²) in [6, 6.07) is 6.30. The molecule has 0 spiro atoms. The van der Waals surface area contributed by atoms with Crippen molar-refractivity contribution in [2.24, 2.45) is 5.73 Å². The first-order chi connectivity index (χ1) is 9.40. The number of nitrogens with two attached hydrogens (primary N) is 1. The van der Waals surface area contributed by atoms with E-state index in [4.69, 9.17) is 18.0 Å². The number of sulfonamides is 1. The van der Waals surface area contributed by atoms with Gasteiger partial charge in [0.2, 0.25) is 10.0 Å². The van der Waals surface area contributed by atoms with E-state index >= 15 is 0 Å². The van der Waals surface area contributed by atoms with Gasteiger partial charge in [-0.2, -0.15) is 11.3 Å². The van der Waals surface area contributed by atoms with E-state index < -0.39 is 10.0 Å². The Morgan fingerprint density at radius 1 is 1.40 bits per heavy atom. The fourth-order valence-corrected chi connectivity index (χ4v) is 3.68. The maximum Gasteiger partial charge on any atom is 0.240 e. The van der Waals surface area contributed by atoms with Crippen molar-refractivity contribution >= 4 is 38.6 Å². The van der Waals surface area contributed by atoms with Crippen LogP contribution in [-0.4, -0.2) is 13.4 Å². The fraction of sp³-hybridized carbons (Fsp3) is 0.154. The lowest BCUT2D eigenvalue weighted by atomic mass is 10.2. The zero-order valence-electron chi connectivity index (χ0n) is 10.8. The van der Waals surface area contributed by atoms with Gasteiger partial charge in [-0.05, 0) is 40.9 Å². The van der Waals surface area contributed by atoms with E-state index in [0.29, 0.717) is 5.56 Å². The van der Waals surface area contributed by atoms with Gasteiger partial charge in [0.15, 0.2) is 0 Å². The first-order valence-corrected chi connectivity index (χ1v) is 8.65. The third-order valence-electron chi connectivity index (χ3n) is 2.84. The van der Waals surface area contributed by atoms with Gasteiger partial charge in [0.25, 0.3) is 0 Å². The maximum atomic E-state index is 12.2. The Morgan fingerprint density at radius 2 is 2.15 bits per heavy atom. The fourth-order valence-electron chi connectivity index (χ4n) is 1.64. The number of aryl methyl sites for hydroxylation is 1. The molecule has 1 aromatic heterocycles. The van der Waals surface area contributed by atoms with Crippen molar-refractivity contribution in [3.8, 4) is 0 Å². The zero-order valence-corrected chi connectivity index (χ0v) is 13.2. The molecule has 0 saturated carbocycles. The third kappa shape index (κ3) is 3.43. The predicted octanol–water partition coefficient (Wildman–Crippen LogP) is 2.17. The van der Waals surface area contributed by atoms with Gasteiger partial charge in [-0.3, -0.25) is 0 Å². The lowest BCUT2D eigenvalue weighted by Crippen LogP contribution is -2.23. The molecule has 0 atom stereocenters. The Labute approximate surface area is 127 Å². The highest BCUT2D eigenvalue weighted by molar-refractivity contribution is 7.89. The Hall–Kier alpha value is -1.28. The number of benzene rings is 1. The Bertz CT molecular complexity index is 736. The number of hydrogen-bond acceptors (Lipinski definition) is 4. The molecule has 0 aliphatic carbocycles. The van der Waals surface area contributed by atoms with Crippen LogP contribution in [0.2, 0.25) is 0 Å². The first-order valence-electron chi connectivity index (χ1n) is 5.81. The molecule has 2 aromatic rings. The van der Waals surface area contributed by atoms with Crippen molar-refractivity contribution < 1.29 is 8.42 Å². The average molecular weight is 326 g/mol. The summed E-state index contributed by atoms with van der Waals surface area (Å²) >= 11 is 6.41. The van der Waals surface area contributed by atoms with Crippen LogP contribution in [0.25, 0.3) is 0 Å². The number of thiocarbonyl (C=S) groups is 1. The second-order valence-electron chi connectivity index (χ2n) is 4.30. The summed E-state index contributed by atoms with van der Waals surface area (Å²) in [6.45, 7) is 2.22. The molecule has 1 aromatic carbocycles. The molecule has 7 heteroatoms. The summed E-state index contributed by atoms with van der Waals surface area (Å²) in [5, 5.41) is 3.92. The lowest BCUT2D eigenvalue weighted by Gasteiger charge is -2.08. The molecule has 0 aliphatic rings. The van der Waals surface area contributed by atoms with Gasteiger partial charge in [0, 0.05) is 12.1 Å². The molecule has 0 radical (unpaired) electrons. The molecule has 0 unspecified atom stereocenters. The highest BCUT2D eigenvalue weighted by Gasteiger charge is 2.15. The van der Waals surface area contributed by atoms with E-state index in [-0.39, 0.29) is 16.4 Å². The second kappa shape index (κ2) is 6.01. The molecule has 0 amide bonds. The normalized spacial score (nSPS) is 11.4. The van der Waals surface area contributed by atoms with Gasteiger partial charge < -0.3 is 5.73 Å². The Kier molecular flexibility index (Phi) is 4.54. The summed E-state index contributed by atoms with van der Waals surface area (Å²) in [6.07, 6.45) is 0. The largest absolute Gasteiger partial charge is 0.389 e. The average Bonchev–Trinajstić information content (AvgIpc) is 2.82. The summed E-state index contributed by atoms with van der Waals surface area (Å²) in [7, 11) is -3.57. The van der Waals surface area contributed by atoms with Crippen molar-refractivity contribution in [1.29, 1.82) is 0 Å². The van der Waals surface area contributed by atoms with Crippen LogP contribution < -0.4 is 10.5 Å². The first kappa shape index (κ1) is 15.1. The van der Waals surface area contributed by atoms with Crippen LogP contribution in [-0.2, 0) is 16.6 Å². The minimum Gasteiger partial charge on any atom is -0.389 e. The highest BCUT2D eigenvalue weighted by Crippen LogP contribution is 2.16. The minimum absolute atomic E-state index is 0.163. The molecule has 0 fully saturated rings.